The summed E-state index contributed by atoms with van der Waals surface area (Å²) in [5.41, 5.74) is 0. The van der Waals surface area contributed by atoms with E-state index in [1.165, 1.54) is 0 Å². The fourth-order valence-corrected chi connectivity index (χ4v) is 2.37. The van der Waals surface area contributed by atoms with Gasteiger partial charge in [-0.2, -0.15) is 0 Å². The second kappa shape index (κ2) is 6.71. The molecule has 1 saturated heterocycles. The van der Waals surface area contributed by atoms with Crippen LogP contribution in [-0.4, -0.2) is 36.2 Å². The fourth-order valence-electron chi connectivity index (χ4n) is 2.37. The maximum atomic E-state index is 11.1. The number of rotatable bonds is 6. The highest BCUT2D eigenvalue weighted by molar-refractivity contribution is 6.25. The Labute approximate surface area is 97.0 Å². The first-order chi connectivity index (χ1) is 7.70. The summed E-state index contributed by atoms with van der Waals surface area (Å²) in [6, 6.07) is -0.445. The molecule has 1 aliphatic heterocycles. The van der Waals surface area contributed by atoms with Gasteiger partial charge in [-0.1, -0.05) is 24.9 Å². The van der Waals surface area contributed by atoms with Crippen LogP contribution < -0.4 is 5.32 Å². The quantitative estimate of drug-likeness (QED) is 0.352. The summed E-state index contributed by atoms with van der Waals surface area (Å²) in [6.45, 7) is 2.68. The lowest BCUT2D eigenvalue weighted by atomic mass is 9.82. The van der Waals surface area contributed by atoms with E-state index in [1.807, 2.05) is 13.0 Å². The second-order valence-electron chi connectivity index (χ2n) is 4.19. The minimum Gasteiger partial charge on any atom is -0.480 e. The van der Waals surface area contributed by atoms with Crippen molar-refractivity contribution >= 4 is 13.5 Å². The van der Waals surface area contributed by atoms with E-state index in [2.05, 4.69) is 11.4 Å². The molecule has 0 amide bonds. The third-order valence-corrected chi connectivity index (χ3v) is 3.13. The Balaban J connectivity index is 2.57. The zero-order valence-electron chi connectivity index (χ0n) is 9.60. The molecule has 0 spiro atoms. The molecule has 89 valence electrons. The third-order valence-electron chi connectivity index (χ3n) is 3.13. The minimum absolute atomic E-state index is 0.133. The minimum atomic E-state index is -0.773. The lowest BCUT2D eigenvalue weighted by molar-refractivity contribution is -0.140. The van der Waals surface area contributed by atoms with Crippen LogP contribution in [0, 0.1) is 11.8 Å². The molecule has 3 unspecified atom stereocenters. The maximum absolute atomic E-state index is 11.1. The monoisotopic (exact) mass is 224 g/mol. The molecule has 0 aromatic heterocycles. The Bertz CT molecular complexity index is 258. The van der Waals surface area contributed by atoms with Crippen LogP contribution in [0.1, 0.15) is 19.8 Å². The number of carboxylic acids is 1. The third kappa shape index (κ3) is 3.35. The topological polar surface area (TPSA) is 69.6 Å². The summed E-state index contributed by atoms with van der Waals surface area (Å²) in [5.74, 6) is -0.344. The van der Waals surface area contributed by atoms with E-state index in [0.717, 1.165) is 26.9 Å². The van der Waals surface area contributed by atoms with Crippen LogP contribution in [-0.2, 0) is 4.79 Å². The van der Waals surface area contributed by atoms with Gasteiger partial charge in [0.1, 0.15) is 6.04 Å². The van der Waals surface area contributed by atoms with Crippen molar-refractivity contribution in [2.45, 2.75) is 32.1 Å². The van der Waals surface area contributed by atoms with Crippen molar-refractivity contribution in [1.29, 1.82) is 0 Å². The summed E-state index contributed by atoms with van der Waals surface area (Å²) in [6.07, 6.45) is 6.34. The fraction of sp³-hybridized carbons (Fsp3) is 0.727. The highest BCUT2D eigenvalue weighted by Crippen LogP contribution is 2.28. The highest BCUT2D eigenvalue weighted by atomic mass is 16.4. The van der Waals surface area contributed by atoms with Crippen molar-refractivity contribution in [2.24, 2.45) is 11.8 Å². The zero-order chi connectivity index (χ0) is 12.0. The molecule has 1 radical (unpaired) electrons. The van der Waals surface area contributed by atoms with E-state index in [0.29, 0.717) is 12.2 Å². The van der Waals surface area contributed by atoms with Crippen LogP contribution in [0.5, 0.6) is 0 Å². The molecule has 4 nitrogen and oxygen atoms in total. The maximum Gasteiger partial charge on any atom is 0.321 e. The van der Waals surface area contributed by atoms with Gasteiger partial charge in [-0.05, 0) is 25.2 Å². The van der Waals surface area contributed by atoms with Crippen molar-refractivity contribution in [3.63, 3.8) is 0 Å². The van der Waals surface area contributed by atoms with Crippen LogP contribution in [0.25, 0.3) is 0 Å². The van der Waals surface area contributed by atoms with Gasteiger partial charge >= 0.3 is 5.97 Å². The Morgan fingerprint density at radius 3 is 2.94 bits per heavy atom. The summed E-state index contributed by atoms with van der Waals surface area (Å²) in [7, 11) is 1.14. The molecule has 1 aliphatic rings. The van der Waals surface area contributed by atoms with E-state index >= 15 is 0 Å². The van der Waals surface area contributed by atoms with Gasteiger partial charge < -0.3 is 15.4 Å². The zero-order valence-corrected chi connectivity index (χ0v) is 9.60. The first-order valence-electron chi connectivity index (χ1n) is 5.75. The van der Waals surface area contributed by atoms with E-state index in [-0.39, 0.29) is 5.92 Å². The van der Waals surface area contributed by atoms with Gasteiger partial charge in [0.25, 0.3) is 7.48 Å². The van der Waals surface area contributed by atoms with Crippen LogP contribution in [0.4, 0.5) is 0 Å². The lowest BCUT2D eigenvalue weighted by Crippen LogP contribution is -2.35. The second-order valence-corrected chi connectivity index (χ2v) is 4.19. The smallest absolute Gasteiger partial charge is 0.321 e. The van der Waals surface area contributed by atoms with E-state index in [4.69, 9.17) is 10.1 Å². The Kier molecular flexibility index (Phi) is 5.56. The predicted molar refractivity (Wildman–Crippen MR) is 63.2 cm³/mol. The first kappa shape index (κ1) is 13.3. The van der Waals surface area contributed by atoms with E-state index in [9.17, 15) is 4.79 Å². The van der Waals surface area contributed by atoms with Gasteiger partial charge in [0.2, 0.25) is 0 Å². The van der Waals surface area contributed by atoms with Crippen molar-refractivity contribution < 1.29 is 14.9 Å². The van der Waals surface area contributed by atoms with Gasteiger partial charge in [0.05, 0.1) is 0 Å². The molecule has 3 atom stereocenters. The SMILES string of the molecule is C/C=C/C1CNC(C(=O)O)C1CCC[B]O. The predicted octanol–water partition coefficient (Wildman–Crippen LogP) is 0.661. The molecule has 3 N–H and O–H groups in total. The first-order valence-corrected chi connectivity index (χ1v) is 5.75. The number of nitrogens with one attached hydrogen (secondary N) is 1. The van der Waals surface area contributed by atoms with Crippen molar-refractivity contribution in [2.75, 3.05) is 6.54 Å². The van der Waals surface area contributed by atoms with Crippen LogP contribution in [0.2, 0.25) is 6.32 Å². The summed E-state index contributed by atoms with van der Waals surface area (Å²) in [4.78, 5) is 11.1. The number of carboxylic acid groups (broad SMARTS) is 1. The molecule has 1 rings (SSSR count). The van der Waals surface area contributed by atoms with E-state index in [1.54, 1.807) is 0 Å². The van der Waals surface area contributed by atoms with Gasteiger partial charge in [0.15, 0.2) is 0 Å². The number of carbonyl (C=O) groups is 1. The normalized spacial score (nSPS) is 29.8. The average molecular weight is 224 g/mol. The Hall–Kier alpha value is -0.805. The molecule has 0 bridgehead atoms. The number of allylic oxidation sites excluding steroid dienone is 1. The van der Waals surface area contributed by atoms with Crippen molar-refractivity contribution in [3.8, 4) is 0 Å². The molecule has 1 fully saturated rings. The molecule has 0 saturated carbocycles. The number of hydrogen-bond acceptors (Lipinski definition) is 3. The molecule has 16 heavy (non-hydrogen) atoms. The largest absolute Gasteiger partial charge is 0.480 e. The van der Waals surface area contributed by atoms with Crippen LogP contribution >= 0.6 is 0 Å². The van der Waals surface area contributed by atoms with E-state index < -0.39 is 12.0 Å². The van der Waals surface area contributed by atoms with Gasteiger partial charge in [-0.15, -0.1) is 0 Å². The summed E-state index contributed by atoms with van der Waals surface area (Å²) < 4.78 is 0. The van der Waals surface area contributed by atoms with Gasteiger partial charge in [-0.25, -0.2) is 0 Å². The summed E-state index contributed by atoms with van der Waals surface area (Å²) in [5, 5.41) is 20.7. The van der Waals surface area contributed by atoms with Crippen molar-refractivity contribution in [1.82, 2.24) is 5.32 Å². The molecule has 5 heteroatoms. The molecular formula is C11H19BNO3. The molecule has 1 heterocycles. The van der Waals surface area contributed by atoms with Crippen molar-refractivity contribution in [3.05, 3.63) is 12.2 Å². The molecule has 0 aliphatic carbocycles. The van der Waals surface area contributed by atoms with Crippen LogP contribution in [0.15, 0.2) is 12.2 Å². The van der Waals surface area contributed by atoms with Crippen LogP contribution in [0.3, 0.4) is 0 Å². The van der Waals surface area contributed by atoms with Gasteiger partial charge in [0, 0.05) is 6.54 Å². The standard InChI is InChI=1S/C11H19BNO3/c1-2-4-8-7-13-10(11(14)15)9(8)5-3-6-12-16/h2,4,8-10,13,16H,3,5-7H2,1H3,(H,14,15)/b4-2+. The highest BCUT2D eigenvalue weighted by Gasteiger charge is 2.37. The molecule has 0 aromatic carbocycles. The molecular weight excluding hydrogens is 205 g/mol. The molecule has 0 aromatic rings. The van der Waals surface area contributed by atoms with Gasteiger partial charge in [-0.3, -0.25) is 4.79 Å². The Morgan fingerprint density at radius 1 is 1.62 bits per heavy atom. The number of hydrogen-bond donors (Lipinski definition) is 3. The average Bonchev–Trinajstić information content (AvgIpc) is 2.63. The lowest BCUT2D eigenvalue weighted by Gasteiger charge is -2.19. The summed E-state index contributed by atoms with van der Waals surface area (Å²) >= 11 is 0. The Morgan fingerprint density at radius 2 is 2.38 bits per heavy atom. The number of aliphatic carboxylic acids is 1.